The molecule has 4 N–H and O–H groups in total. The molecule has 2 radical (unpaired) electrons. The number of nitrogens with zero attached hydrogens (tertiary/aromatic N) is 3. The van der Waals surface area contributed by atoms with Crippen LogP contribution >= 0.6 is 0 Å². The minimum Gasteiger partial charge on any atom is -0.480 e. The van der Waals surface area contributed by atoms with E-state index in [-0.39, 0.29) is 71.1 Å². The van der Waals surface area contributed by atoms with Crippen LogP contribution in [0.4, 0.5) is 0 Å². The van der Waals surface area contributed by atoms with Crippen LogP contribution in [0.15, 0.2) is 0 Å². The number of amides is 1. The van der Waals surface area contributed by atoms with E-state index in [9.17, 15) is 39.3 Å². The van der Waals surface area contributed by atoms with Crippen LogP contribution in [0.2, 0.25) is 0 Å². The number of hydrogen-bond donors (Lipinski definition) is 4. The molecule has 0 bridgehead atoms. The maximum atomic E-state index is 12.4. The van der Waals surface area contributed by atoms with E-state index in [0.717, 1.165) is 12.8 Å². The molecule has 0 spiro atoms. The summed E-state index contributed by atoms with van der Waals surface area (Å²) in [6.07, 6.45) is 2.72. The second-order valence-electron chi connectivity index (χ2n) is 11.5. The maximum Gasteiger partial charge on any atom is 0.320 e. The van der Waals surface area contributed by atoms with Crippen molar-refractivity contribution in [2.45, 2.75) is 65.3 Å². The van der Waals surface area contributed by atoms with Gasteiger partial charge in [0.05, 0.1) is 58.4 Å². The zero-order valence-corrected chi connectivity index (χ0v) is 28.5. The minimum absolute atomic E-state index is 0.00475. The van der Waals surface area contributed by atoms with Crippen LogP contribution in [0.5, 0.6) is 0 Å². The Morgan fingerprint density at radius 3 is 1.74 bits per heavy atom. The number of aliphatic carboxylic acids is 3. The molecule has 1 amide bonds. The predicted octanol–water partition coefficient (Wildman–Crippen LogP) is 0.392. The molecule has 0 heterocycles. The van der Waals surface area contributed by atoms with Gasteiger partial charge in [0.25, 0.3) is 0 Å². The van der Waals surface area contributed by atoms with Gasteiger partial charge in [0.1, 0.15) is 6.04 Å². The van der Waals surface area contributed by atoms with Crippen LogP contribution in [0.25, 0.3) is 0 Å². The lowest BCUT2D eigenvalue weighted by Crippen LogP contribution is -2.48. The van der Waals surface area contributed by atoms with Crippen molar-refractivity contribution in [3.8, 4) is 0 Å². The fourth-order valence-corrected chi connectivity index (χ4v) is 4.59. The van der Waals surface area contributed by atoms with Gasteiger partial charge in [-0.15, -0.1) is 0 Å². The van der Waals surface area contributed by atoms with Gasteiger partial charge < -0.3 is 39.6 Å². The van der Waals surface area contributed by atoms with Gasteiger partial charge in [-0.2, -0.15) is 0 Å². The summed E-state index contributed by atoms with van der Waals surface area (Å²) in [5.41, 5.74) is -0.424. The van der Waals surface area contributed by atoms with Crippen LogP contribution < -0.4 is 5.32 Å². The average molecular weight is 673 g/mol. The Labute approximate surface area is 280 Å². The summed E-state index contributed by atoms with van der Waals surface area (Å²) in [4.78, 5) is 63.5. The number of carbonyl (C=O) groups is 5. The van der Waals surface area contributed by atoms with Gasteiger partial charge in [-0.3, -0.25) is 33.9 Å². The van der Waals surface area contributed by atoms with Gasteiger partial charge in [0.2, 0.25) is 5.91 Å². The molecule has 0 fully saturated rings. The molecule has 15 nitrogen and oxygen atoms in total. The SMILES string of the molecule is [B]C(=O)CCOCCOCCOCCNC(=O)CCC(C(=O)O)N(CCC)CCN(CCN(CCC(C)CC)CC(=O)O)CC(=O)O. The minimum atomic E-state index is -1.06. The third kappa shape index (κ3) is 26.1. The van der Waals surface area contributed by atoms with E-state index in [0.29, 0.717) is 64.9 Å². The smallest absolute Gasteiger partial charge is 0.320 e. The number of rotatable bonds is 33. The summed E-state index contributed by atoms with van der Waals surface area (Å²) in [6, 6.07) is -0.931. The third-order valence-corrected chi connectivity index (χ3v) is 7.48. The van der Waals surface area contributed by atoms with Crippen LogP contribution in [-0.2, 0) is 38.2 Å². The van der Waals surface area contributed by atoms with Gasteiger partial charge in [-0.05, 0) is 38.3 Å². The first-order valence-corrected chi connectivity index (χ1v) is 16.5. The Hall–Kier alpha value is -2.63. The highest BCUT2D eigenvalue weighted by atomic mass is 16.5. The lowest BCUT2D eigenvalue weighted by molar-refractivity contribution is -0.144. The second kappa shape index (κ2) is 28.4. The van der Waals surface area contributed by atoms with Gasteiger partial charge >= 0.3 is 17.9 Å². The molecule has 0 saturated heterocycles. The Bertz CT molecular complexity index is 900. The molecular weight excluding hydrogens is 615 g/mol. The Morgan fingerprint density at radius 1 is 0.702 bits per heavy atom. The van der Waals surface area contributed by atoms with Crippen LogP contribution in [0.3, 0.4) is 0 Å². The van der Waals surface area contributed by atoms with E-state index in [4.69, 9.17) is 22.1 Å². The fraction of sp³-hybridized carbons (Fsp3) is 0.839. The normalized spacial score (nSPS) is 12.8. The monoisotopic (exact) mass is 672 g/mol. The molecule has 0 aliphatic rings. The first-order valence-electron chi connectivity index (χ1n) is 16.5. The molecule has 47 heavy (non-hydrogen) atoms. The lowest BCUT2D eigenvalue weighted by Gasteiger charge is -2.32. The van der Waals surface area contributed by atoms with Crippen molar-refractivity contribution in [1.82, 2.24) is 20.0 Å². The van der Waals surface area contributed by atoms with Gasteiger partial charge in [-0.25, -0.2) is 0 Å². The molecule has 0 saturated carbocycles. The highest BCUT2D eigenvalue weighted by Gasteiger charge is 2.26. The number of carbonyl (C=O) groups excluding carboxylic acids is 2. The molecular formula is C31H57BN4O11. The number of carboxylic acids is 3. The Kier molecular flexibility index (Phi) is 26.8. The molecule has 270 valence electrons. The quantitative estimate of drug-likeness (QED) is 0.0552. The summed E-state index contributed by atoms with van der Waals surface area (Å²) >= 11 is 0. The van der Waals surface area contributed by atoms with E-state index in [2.05, 4.69) is 19.2 Å². The van der Waals surface area contributed by atoms with Crippen LogP contribution in [0, 0.1) is 5.92 Å². The van der Waals surface area contributed by atoms with Crippen LogP contribution in [-0.4, -0.2) is 172 Å². The molecule has 2 atom stereocenters. The number of ether oxygens (including phenoxy) is 3. The molecule has 0 rings (SSSR count). The first kappa shape index (κ1) is 44.4. The van der Waals surface area contributed by atoms with Crippen molar-refractivity contribution in [2.75, 3.05) is 98.5 Å². The van der Waals surface area contributed by atoms with Crippen molar-refractivity contribution in [3.63, 3.8) is 0 Å². The lowest BCUT2D eigenvalue weighted by atomic mass is 10.0. The number of nitrogens with one attached hydrogen (secondary N) is 1. The predicted molar refractivity (Wildman–Crippen MR) is 176 cm³/mol. The molecule has 16 heteroatoms. The summed E-state index contributed by atoms with van der Waals surface area (Å²) < 4.78 is 15.9. The first-order chi connectivity index (χ1) is 22.4. The Balaban J connectivity index is 4.73. The summed E-state index contributed by atoms with van der Waals surface area (Å²) in [5.74, 6) is -2.89. The largest absolute Gasteiger partial charge is 0.480 e. The molecule has 0 aromatic carbocycles. The van der Waals surface area contributed by atoms with E-state index < -0.39 is 29.6 Å². The van der Waals surface area contributed by atoms with Gasteiger partial charge in [-0.1, -0.05) is 27.2 Å². The fourth-order valence-electron chi connectivity index (χ4n) is 4.59. The maximum absolute atomic E-state index is 12.4. The van der Waals surface area contributed by atoms with Crippen molar-refractivity contribution >= 4 is 37.3 Å². The zero-order chi connectivity index (χ0) is 35.5. The summed E-state index contributed by atoms with van der Waals surface area (Å²) in [7, 11) is 5.02. The van der Waals surface area contributed by atoms with Crippen molar-refractivity contribution < 1.29 is 53.5 Å². The third-order valence-electron chi connectivity index (χ3n) is 7.48. The van der Waals surface area contributed by atoms with Crippen molar-refractivity contribution in [3.05, 3.63) is 0 Å². The molecule has 0 aliphatic carbocycles. The van der Waals surface area contributed by atoms with E-state index in [1.165, 1.54) is 0 Å². The Morgan fingerprint density at radius 2 is 1.23 bits per heavy atom. The highest BCUT2D eigenvalue weighted by molar-refractivity contribution is 6.57. The van der Waals surface area contributed by atoms with Crippen LogP contribution in [0.1, 0.15) is 59.3 Å². The standard InChI is InChI=1S/C31H57BN4O11/c1-4-11-36(16-15-35(24-30(41)42)14-13-34(23-29(39)40)12-8-25(3)5-2)26(31(43)44)6-7-28(38)33-10-18-46-20-22-47-21-19-45-17-9-27(32)37/h25-26H,4-24H2,1-3H3,(H,33,38)(H,39,40)(H,41,42)(H,43,44). The average Bonchev–Trinajstić information content (AvgIpc) is 3.00. The van der Waals surface area contributed by atoms with Crippen molar-refractivity contribution in [1.29, 1.82) is 0 Å². The van der Waals surface area contributed by atoms with Gasteiger partial charge in [0, 0.05) is 45.6 Å². The van der Waals surface area contributed by atoms with Gasteiger partial charge in [0.15, 0.2) is 7.85 Å². The highest BCUT2D eigenvalue weighted by Crippen LogP contribution is 2.11. The second-order valence-corrected chi connectivity index (χ2v) is 11.5. The van der Waals surface area contributed by atoms with E-state index in [1.54, 1.807) is 14.7 Å². The number of carboxylic acid groups (broad SMARTS) is 3. The van der Waals surface area contributed by atoms with Crippen molar-refractivity contribution in [2.24, 2.45) is 5.92 Å². The van der Waals surface area contributed by atoms with E-state index >= 15 is 0 Å². The summed E-state index contributed by atoms with van der Waals surface area (Å²) in [5, 5.41) is 31.5. The molecule has 2 unspecified atom stereocenters. The molecule has 0 aromatic heterocycles. The molecule has 0 aliphatic heterocycles. The topological polar surface area (TPSA) is 195 Å². The zero-order valence-electron chi connectivity index (χ0n) is 28.5. The van der Waals surface area contributed by atoms with E-state index in [1.807, 2.05) is 6.92 Å². The number of hydrogen-bond acceptors (Lipinski definition) is 11. The summed E-state index contributed by atoms with van der Waals surface area (Å²) in [6.45, 7) is 10.1. The molecule has 0 aromatic rings.